The normalized spacial score (nSPS) is 13.8. The van der Waals surface area contributed by atoms with Crippen LogP contribution in [-0.4, -0.2) is 58.0 Å². The highest BCUT2D eigenvalue weighted by atomic mass is 32.2. The predicted molar refractivity (Wildman–Crippen MR) is 182 cm³/mol. The van der Waals surface area contributed by atoms with Gasteiger partial charge in [-0.1, -0.05) is 73.5 Å². The minimum Gasteiger partial charge on any atom is -0.497 e. The van der Waals surface area contributed by atoms with Crippen LogP contribution in [0.4, 0.5) is 10.1 Å². The second-order valence-corrected chi connectivity index (χ2v) is 13.5. The average molecular weight is 674 g/mol. The average Bonchev–Trinajstić information content (AvgIpc) is 3.62. The van der Waals surface area contributed by atoms with Crippen LogP contribution in [0.25, 0.3) is 0 Å². The molecule has 1 aliphatic carbocycles. The molecule has 1 N–H and O–H groups in total. The number of hydrogen-bond donors (Lipinski definition) is 1. The summed E-state index contributed by atoms with van der Waals surface area (Å²) < 4.78 is 55.5. The van der Waals surface area contributed by atoms with Gasteiger partial charge in [0.05, 0.1) is 24.8 Å². The zero-order valence-electron chi connectivity index (χ0n) is 27.0. The van der Waals surface area contributed by atoms with Crippen molar-refractivity contribution in [2.75, 3.05) is 25.1 Å². The number of anilines is 1. The molecule has 5 rings (SSSR count). The number of para-hydroxylation sites is 2. The van der Waals surface area contributed by atoms with Gasteiger partial charge >= 0.3 is 0 Å². The Morgan fingerprint density at radius 2 is 1.50 bits per heavy atom. The molecule has 0 unspecified atom stereocenters. The molecule has 2 amide bonds. The Hall–Kier alpha value is -4.90. The van der Waals surface area contributed by atoms with Gasteiger partial charge < -0.3 is 19.7 Å². The molecular formula is C37H40FN3O6S. The maximum absolute atomic E-state index is 15.2. The van der Waals surface area contributed by atoms with Crippen molar-refractivity contribution in [3.05, 3.63) is 120 Å². The van der Waals surface area contributed by atoms with Gasteiger partial charge in [0.25, 0.3) is 10.0 Å². The largest absolute Gasteiger partial charge is 0.497 e. The number of amides is 2. The SMILES string of the molecule is COc1ccc(S(=O)(=O)N(CC(=O)N(Cc2ccccc2F)[C@@H](Cc2ccccc2)C(=O)NC2CCCC2)c2ccccc2OC)cc1. The van der Waals surface area contributed by atoms with Crippen LogP contribution in [0.5, 0.6) is 11.5 Å². The Kier molecular flexibility index (Phi) is 11.3. The van der Waals surface area contributed by atoms with Crippen LogP contribution >= 0.6 is 0 Å². The number of halogens is 1. The van der Waals surface area contributed by atoms with E-state index in [-0.39, 0.29) is 46.8 Å². The highest BCUT2D eigenvalue weighted by molar-refractivity contribution is 7.92. The van der Waals surface area contributed by atoms with Crippen LogP contribution in [-0.2, 0) is 32.6 Å². The molecule has 1 atom stereocenters. The lowest BCUT2D eigenvalue weighted by Gasteiger charge is -2.34. The van der Waals surface area contributed by atoms with E-state index in [4.69, 9.17) is 9.47 Å². The first-order valence-electron chi connectivity index (χ1n) is 15.9. The summed E-state index contributed by atoms with van der Waals surface area (Å²) in [6.07, 6.45) is 3.77. The van der Waals surface area contributed by atoms with Gasteiger partial charge in [-0.25, -0.2) is 12.8 Å². The molecule has 1 fully saturated rings. The fraction of sp³-hybridized carbons (Fsp3) is 0.297. The summed E-state index contributed by atoms with van der Waals surface area (Å²) in [6, 6.07) is 26.5. The molecule has 9 nitrogen and oxygen atoms in total. The Bertz CT molecular complexity index is 1800. The first kappa shape index (κ1) is 34.4. The van der Waals surface area contributed by atoms with Crippen molar-refractivity contribution < 1.29 is 31.9 Å². The van der Waals surface area contributed by atoms with E-state index < -0.39 is 34.3 Å². The van der Waals surface area contributed by atoms with Crippen LogP contribution in [0.15, 0.2) is 108 Å². The summed E-state index contributed by atoms with van der Waals surface area (Å²) in [6.45, 7) is -0.950. The molecule has 0 aliphatic heterocycles. The van der Waals surface area contributed by atoms with Crippen LogP contribution in [0.1, 0.15) is 36.8 Å². The van der Waals surface area contributed by atoms with Gasteiger partial charge in [0.2, 0.25) is 11.8 Å². The molecule has 0 spiro atoms. The molecule has 1 aliphatic rings. The van der Waals surface area contributed by atoms with Crippen molar-refractivity contribution in [2.45, 2.75) is 55.6 Å². The van der Waals surface area contributed by atoms with E-state index in [9.17, 15) is 18.0 Å². The molecule has 0 aromatic heterocycles. The fourth-order valence-electron chi connectivity index (χ4n) is 5.96. The third-order valence-corrected chi connectivity index (χ3v) is 10.3. The molecule has 48 heavy (non-hydrogen) atoms. The van der Waals surface area contributed by atoms with E-state index >= 15 is 4.39 Å². The predicted octanol–water partition coefficient (Wildman–Crippen LogP) is 5.74. The fourth-order valence-corrected chi connectivity index (χ4v) is 7.38. The zero-order valence-corrected chi connectivity index (χ0v) is 27.9. The number of methoxy groups -OCH3 is 2. The lowest BCUT2D eigenvalue weighted by atomic mass is 10.0. The Balaban J connectivity index is 1.59. The highest BCUT2D eigenvalue weighted by Gasteiger charge is 2.36. The monoisotopic (exact) mass is 673 g/mol. The first-order chi connectivity index (χ1) is 23.2. The summed E-state index contributed by atoms with van der Waals surface area (Å²) in [5, 5.41) is 3.11. The molecule has 252 valence electrons. The van der Waals surface area contributed by atoms with Gasteiger partial charge in [0, 0.05) is 24.6 Å². The van der Waals surface area contributed by atoms with Gasteiger partial charge in [0.15, 0.2) is 0 Å². The van der Waals surface area contributed by atoms with E-state index in [1.807, 2.05) is 30.3 Å². The number of nitrogens with zero attached hydrogens (tertiary/aromatic N) is 2. The number of hydrogen-bond acceptors (Lipinski definition) is 6. The van der Waals surface area contributed by atoms with Gasteiger partial charge in [-0.2, -0.15) is 0 Å². The van der Waals surface area contributed by atoms with E-state index in [1.54, 1.807) is 42.5 Å². The Morgan fingerprint density at radius 1 is 0.854 bits per heavy atom. The standard InChI is InChI=1S/C37H40FN3O6S/c1-46-30-20-22-31(23-21-30)48(44,45)41(33-18-10-11-19-35(33)47-2)26-36(42)40(25-28-14-6-9-17-32(28)38)34(24-27-12-4-3-5-13-27)37(43)39-29-15-7-8-16-29/h3-6,9-14,17-23,29,34H,7-8,15-16,24-26H2,1-2H3,(H,39,43)/t34-/m0/s1. The molecule has 0 heterocycles. The maximum atomic E-state index is 15.2. The van der Waals surface area contributed by atoms with Crippen molar-refractivity contribution >= 4 is 27.5 Å². The number of sulfonamides is 1. The zero-order chi connectivity index (χ0) is 34.1. The summed E-state index contributed by atoms with van der Waals surface area (Å²) in [7, 11) is -1.49. The number of nitrogens with one attached hydrogen (secondary N) is 1. The summed E-state index contributed by atoms with van der Waals surface area (Å²) in [5.41, 5.74) is 1.12. The van der Waals surface area contributed by atoms with E-state index in [1.165, 1.54) is 49.5 Å². The minimum absolute atomic E-state index is 0.0401. The molecule has 11 heteroatoms. The second kappa shape index (κ2) is 15.8. The topological polar surface area (TPSA) is 105 Å². The van der Waals surface area contributed by atoms with Gasteiger partial charge in [-0.3, -0.25) is 13.9 Å². The van der Waals surface area contributed by atoms with Gasteiger partial charge in [0.1, 0.15) is 29.9 Å². The molecule has 4 aromatic carbocycles. The van der Waals surface area contributed by atoms with Crippen molar-refractivity contribution in [1.82, 2.24) is 10.2 Å². The van der Waals surface area contributed by atoms with Crippen LogP contribution in [0.2, 0.25) is 0 Å². The molecule has 0 bridgehead atoms. The Morgan fingerprint density at radius 3 is 2.17 bits per heavy atom. The number of rotatable bonds is 14. The molecule has 4 aromatic rings. The quantitative estimate of drug-likeness (QED) is 0.183. The second-order valence-electron chi connectivity index (χ2n) is 11.7. The van der Waals surface area contributed by atoms with Crippen molar-refractivity contribution in [2.24, 2.45) is 0 Å². The van der Waals surface area contributed by atoms with Crippen LogP contribution in [0.3, 0.4) is 0 Å². The summed E-state index contributed by atoms with van der Waals surface area (Å²) in [5.74, 6) is -0.928. The molecule has 1 saturated carbocycles. The van der Waals surface area contributed by atoms with Crippen molar-refractivity contribution in [3.63, 3.8) is 0 Å². The third kappa shape index (κ3) is 8.14. The number of benzene rings is 4. The van der Waals surface area contributed by atoms with Crippen LogP contribution < -0.4 is 19.1 Å². The van der Waals surface area contributed by atoms with Gasteiger partial charge in [-0.15, -0.1) is 0 Å². The van der Waals surface area contributed by atoms with E-state index in [0.29, 0.717) is 5.75 Å². The number of carbonyl (C=O) groups excluding carboxylic acids is 2. The summed E-state index contributed by atoms with van der Waals surface area (Å²) in [4.78, 5) is 30.0. The maximum Gasteiger partial charge on any atom is 0.264 e. The third-order valence-electron chi connectivity index (χ3n) is 8.55. The minimum atomic E-state index is -4.37. The molecule has 0 radical (unpaired) electrons. The smallest absolute Gasteiger partial charge is 0.264 e. The highest BCUT2D eigenvalue weighted by Crippen LogP contribution is 2.33. The van der Waals surface area contributed by atoms with E-state index in [0.717, 1.165) is 35.6 Å². The van der Waals surface area contributed by atoms with E-state index in [2.05, 4.69) is 5.32 Å². The molecule has 0 saturated heterocycles. The lowest BCUT2D eigenvalue weighted by Crippen LogP contribution is -2.54. The number of carbonyl (C=O) groups is 2. The first-order valence-corrected chi connectivity index (χ1v) is 17.3. The van der Waals surface area contributed by atoms with Crippen molar-refractivity contribution in [1.29, 1.82) is 0 Å². The Labute approximate surface area is 281 Å². The lowest BCUT2D eigenvalue weighted by molar-refractivity contribution is -0.140. The molecular weight excluding hydrogens is 633 g/mol. The van der Waals surface area contributed by atoms with Crippen molar-refractivity contribution in [3.8, 4) is 11.5 Å². The summed E-state index contributed by atoms with van der Waals surface area (Å²) >= 11 is 0. The van der Waals surface area contributed by atoms with Crippen LogP contribution in [0, 0.1) is 5.82 Å². The van der Waals surface area contributed by atoms with Gasteiger partial charge in [-0.05, 0) is 60.9 Å². The number of ether oxygens (including phenoxy) is 2.